The molecule has 0 spiro atoms. The number of rotatable bonds is 4. The van der Waals surface area contributed by atoms with E-state index in [4.69, 9.17) is 4.74 Å². The van der Waals surface area contributed by atoms with Crippen LogP contribution in [-0.2, 0) is 6.42 Å². The molecule has 0 fully saturated rings. The van der Waals surface area contributed by atoms with Crippen molar-refractivity contribution >= 4 is 27.6 Å². The molecule has 7 heteroatoms. The molecule has 110 valence electrons. The summed E-state index contributed by atoms with van der Waals surface area (Å²) >= 11 is 3.21. The maximum Gasteiger partial charge on any atom is 0.235 e. The van der Waals surface area contributed by atoms with Crippen molar-refractivity contribution in [3.05, 3.63) is 52.3 Å². The van der Waals surface area contributed by atoms with Crippen LogP contribution in [0.2, 0.25) is 0 Å². The highest BCUT2D eigenvalue weighted by Crippen LogP contribution is 2.26. The van der Waals surface area contributed by atoms with Gasteiger partial charge in [-0.1, -0.05) is 29.5 Å². The lowest BCUT2D eigenvalue weighted by Gasteiger charge is -2.01. The molecule has 0 saturated heterocycles. The van der Waals surface area contributed by atoms with Crippen LogP contribution in [0.25, 0.3) is 15.7 Å². The van der Waals surface area contributed by atoms with E-state index in [9.17, 15) is 0 Å². The van der Waals surface area contributed by atoms with Gasteiger partial charge >= 0.3 is 0 Å². The van der Waals surface area contributed by atoms with Crippen molar-refractivity contribution in [3.8, 4) is 16.5 Å². The number of thiophene rings is 1. The predicted octanol–water partition coefficient (Wildman–Crippen LogP) is 3.51. The normalized spacial score (nSPS) is 11.1. The lowest BCUT2D eigenvalue weighted by molar-refractivity contribution is 0.414. The summed E-state index contributed by atoms with van der Waals surface area (Å²) in [6.07, 6.45) is 0.780. The maximum absolute atomic E-state index is 5.18. The molecule has 0 unspecified atom stereocenters. The van der Waals surface area contributed by atoms with Crippen molar-refractivity contribution in [2.75, 3.05) is 7.11 Å². The van der Waals surface area contributed by atoms with Gasteiger partial charge < -0.3 is 4.74 Å². The summed E-state index contributed by atoms with van der Waals surface area (Å²) in [6, 6.07) is 12.1. The smallest absolute Gasteiger partial charge is 0.235 e. The van der Waals surface area contributed by atoms with Gasteiger partial charge in [-0.05, 0) is 29.1 Å². The molecular formula is C15H12N4OS2. The molecule has 0 amide bonds. The second-order valence-electron chi connectivity index (χ2n) is 4.72. The third kappa shape index (κ3) is 2.38. The highest BCUT2D eigenvalue weighted by molar-refractivity contribution is 7.16. The van der Waals surface area contributed by atoms with Crippen LogP contribution in [0.5, 0.6) is 5.75 Å². The van der Waals surface area contributed by atoms with Crippen LogP contribution < -0.4 is 4.74 Å². The Morgan fingerprint density at radius 2 is 2.00 bits per heavy atom. The minimum Gasteiger partial charge on any atom is -0.497 e. The fourth-order valence-corrected chi connectivity index (χ4v) is 3.77. The summed E-state index contributed by atoms with van der Waals surface area (Å²) in [6.45, 7) is 0. The van der Waals surface area contributed by atoms with Crippen molar-refractivity contribution in [2.24, 2.45) is 0 Å². The minimum atomic E-state index is 0.780. The van der Waals surface area contributed by atoms with Gasteiger partial charge in [0.15, 0.2) is 5.82 Å². The van der Waals surface area contributed by atoms with Gasteiger partial charge in [0.25, 0.3) is 0 Å². The van der Waals surface area contributed by atoms with E-state index in [1.54, 1.807) is 29.8 Å². The Morgan fingerprint density at radius 3 is 2.73 bits per heavy atom. The van der Waals surface area contributed by atoms with Gasteiger partial charge in [-0.25, -0.2) is 0 Å². The Balaban J connectivity index is 1.65. The van der Waals surface area contributed by atoms with Gasteiger partial charge in [-0.3, -0.25) is 0 Å². The third-order valence-corrected chi connectivity index (χ3v) is 5.05. The number of methoxy groups -OCH3 is 1. The second kappa shape index (κ2) is 5.51. The van der Waals surface area contributed by atoms with E-state index < -0.39 is 0 Å². The number of hydrogen-bond acceptors (Lipinski definition) is 6. The van der Waals surface area contributed by atoms with Crippen LogP contribution in [0.15, 0.2) is 41.8 Å². The van der Waals surface area contributed by atoms with E-state index in [1.807, 2.05) is 34.2 Å². The van der Waals surface area contributed by atoms with Gasteiger partial charge in [-0.15, -0.1) is 21.5 Å². The van der Waals surface area contributed by atoms with Crippen LogP contribution in [-0.4, -0.2) is 26.9 Å². The van der Waals surface area contributed by atoms with E-state index in [-0.39, 0.29) is 0 Å². The Kier molecular flexibility index (Phi) is 3.36. The molecule has 0 aliphatic rings. The molecule has 0 bridgehead atoms. The number of hydrogen-bond donors (Lipinski definition) is 0. The van der Waals surface area contributed by atoms with E-state index in [0.29, 0.717) is 0 Å². The van der Waals surface area contributed by atoms with Crippen LogP contribution in [0.1, 0.15) is 10.6 Å². The number of benzene rings is 1. The summed E-state index contributed by atoms with van der Waals surface area (Å²) in [4.78, 5) is 1.90. The zero-order chi connectivity index (χ0) is 14.9. The largest absolute Gasteiger partial charge is 0.497 e. The van der Waals surface area contributed by atoms with Crippen LogP contribution in [0.3, 0.4) is 0 Å². The molecule has 0 saturated carbocycles. The molecule has 0 aliphatic carbocycles. The van der Waals surface area contributed by atoms with E-state index >= 15 is 0 Å². The summed E-state index contributed by atoms with van der Waals surface area (Å²) < 4.78 is 7.01. The summed E-state index contributed by atoms with van der Waals surface area (Å²) in [5.41, 5.74) is 1.20. The fraction of sp³-hybridized carbons (Fsp3) is 0.133. The van der Waals surface area contributed by atoms with Gasteiger partial charge in [0.1, 0.15) is 10.8 Å². The molecule has 4 aromatic rings. The average molecular weight is 328 g/mol. The first-order chi connectivity index (χ1) is 10.8. The lowest BCUT2D eigenvalue weighted by Crippen LogP contribution is -1.93. The average Bonchev–Trinajstić information content (AvgIpc) is 3.24. The van der Waals surface area contributed by atoms with Crippen LogP contribution in [0.4, 0.5) is 0 Å². The molecule has 1 aromatic carbocycles. The summed E-state index contributed by atoms with van der Waals surface area (Å²) in [7, 11) is 1.67. The number of ether oxygens (including phenoxy) is 1. The topological polar surface area (TPSA) is 52.3 Å². The van der Waals surface area contributed by atoms with Crippen molar-refractivity contribution in [1.82, 2.24) is 19.8 Å². The van der Waals surface area contributed by atoms with E-state index in [2.05, 4.69) is 27.4 Å². The van der Waals surface area contributed by atoms with Crippen molar-refractivity contribution in [3.63, 3.8) is 0 Å². The van der Waals surface area contributed by atoms with E-state index in [1.165, 1.54) is 5.56 Å². The van der Waals surface area contributed by atoms with Gasteiger partial charge in [0, 0.05) is 6.42 Å². The fourth-order valence-electron chi connectivity index (χ4n) is 2.21. The van der Waals surface area contributed by atoms with Crippen molar-refractivity contribution in [2.45, 2.75) is 6.42 Å². The standard InChI is InChI=1S/C15H12N4OS2/c1-20-11-6-4-10(5-7-11)9-13-18-19-14(12-3-2-8-21-12)16-17-15(19)22-13/h2-8H,9H2,1H3. The van der Waals surface area contributed by atoms with Crippen molar-refractivity contribution in [1.29, 1.82) is 0 Å². The molecule has 0 N–H and O–H groups in total. The lowest BCUT2D eigenvalue weighted by atomic mass is 10.1. The molecule has 0 radical (unpaired) electrons. The van der Waals surface area contributed by atoms with Gasteiger partial charge in [0.05, 0.1) is 12.0 Å². The monoisotopic (exact) mass is 328 g/mol. The predicted molar refractivity (Wildman–Crippen MR) is 87.8 cm³/mol. The third-order valence-electron chi connectivity index (χ3n) is 3.29. The minimum absolute atomic E-state index is 0.780. The van der Waals surface area contributed by atoms with Crippen LogP contribution in [0, 0.1) is 0 Å². The van der Waals surface area contributed by atoms with Crippen LogP contribution >= 0.6 is 22.7 Å². The Morgan fingerprint density at radius 1 is 1.14 bits per heavy atom. The second-order valence-corrected chi connectivity index (χ2v) is 6.70. The molecule has 0 aliphatic heterocycles. The Bertz CT molecular complexity index is 894. The maximum atomic E-state index is 5.18. The quantitative estimate of drug-likeness (QED) is 0.575. The SMILES string of the molecule is COc1ccc(Cc2nn3c(-c4cccs4)nnc3s2)cc1. The molecule has 5 nitrogen and oxygen atoms in total. The first-order valence-electron chi connectivity index (χ1n) is 6.71. The highest BCUT2D eigenvalue weighted by Gasteiger charge is 2.14. The van der Waals surface area contributed by atoms with E-state index in [0.717, 1.165) is 32.8 Å². The van der Waals surface area contributed by atoms with Gasteiger partial charge in [0.2, 0.25) is 4.96 Å². The number of nitrogens with zero attached hydrogens (tertiary/aromatic N) is 4. The number of aromatic nitrogens is 4. The molecule has 0 atom stereocenters. The van der Waals surface area contributed by atoms with Crippen molar-refractivity contribution < 1.29 is 4.74 Å². The molecule has 4 rings (SSSR count). The zero-order valence-electron chi connectivity index (χ0n) is 11.8. The van der Waals surface area contributed by atoms with Gasteiger partial charge in [-0.2, -0.15) is 9.61 Å². The number of fused-ring (bicyclic) bond motifs is 1. The summed E-state index contributed by atoms with van der Waals surface area (Å²) in [5.74, 6) is 1.67. The Labute approximate surface area is 134 Å². The summed E-state index contributed by atoms with van der Waals surface area (Å²) in [5, 5.41) is 16.1. The molecule has 3 aromatic heterocycles. The molecule has 22 heavy (non-hydrogen) atoms. The Hall–Kier alpha value is -2.25. The molecule has 3 heterocycles. The highest BCUT2D eigenvalue weighted by atomic mass is 32.1. The first kappa shape index (κ1) is 13.4. The zero-order valence-corrected chi connectivity index (χ0v) is 13.4. The molecular weight excluding hydrogens is 316 g/mol. The first-order valence-corrected chi connectivity index (χ1v) is 8.41.